The van der Waals surface area contributed by atoms with Crippen LogP contribution in [0.15, 0.2) is 0 Å². The van der Waals surface area contributed by atoms with Crippen molar-refractivity contribution >= 4 is 101 Å². The quantitative estimate of drug-likeness (QED) is 0.0217. The van der Waals surface area contributed by atoms with Gasteiger partial charge in [0.25, 0.3) is 0 Å². The van der Waals surface area contributed by atoms with Crippen LogP contribution in [0.5, 0.6) is 0 Å². The molecule has 46 heteroatoms. The number of hydrogen-bond donors (Lipinski definition) is 7. The van der Waals surface area contributed by atoms with Crippen molar-refractivity contribution in [2.24, 2.45) is 0 Å². The van der Waals surface area contributed by atoms with Gasteiger partial charge in [0.05, 0.1) is 106 Å². The minimum Gasteiger partial charge on any atom is -0.469 e. The van der Waals surface area contributed by atoms with E-state index in [2.05, 4.69) is 37.2 Å². The van der Waals surface area contributed by atoms with Crippen molar-refractivity contribution in [1.82, 2.24) is 37.2 Å². The molecule has 46 nitrogen and oxygen atoms in total. The SMILES string of the molecule is COC(=O)CCCCCCCCCCCC(=O)NC(COCCC(=O)NCCOCCO[C@@H]1OC(COC(C)=O)[C@H](OC(C)=O)[C@H](OC(C)=O)C1NC(C)=O)(COCCC(=O)NCCOCCO[C@@H]1OC(COC(C)=O)[C@H](OC(C)=O)[C@H](OC(C)=O)C1NC(C)=O)COCCC(=O)NCCOCCO[C@@H]1OC(COC(C)=O)[C@H](OC(C)=O)[C@H](OC(C)=O)C1NC(C)=O. The lowest BCUT2D eigenvalue weighted by molar-refractivity contribution is -0.279. The molecule has 724 valence electrons. The lowest BCUT2D eigenvalue weighted by atomic mass is 9.96. The Morgan fingerprint density at radius 2 is 0.551 bits per heavy atom. The molecule has 3 saturated heterocycles. The molecule has 3 aliphatic rings. The molecule has 0 bridgehead atoms. The predicted molar refractivity (Wildman–Crippen MR) is 431 cm³/mol. The van der Waals surface area contributed by atoms with Gasteiger partial charge in [-0.2, -0.15) is 0 Å². The number of esters is 10. The minimum atomic E-state index is -1.52. The van der Waals surface area contributed by atoms with Crippen molar-refractivity contribution in [3.8, 4) is 0 Å². The molecular formula is C81H131N7O39. The summed E-state index contributed by atoms with van der Waals surface area (Å²) in [6.07, 6.45) is -8.46. The molecule has 3 heterocycles. The Kier molecular flexibility index (Phi) is 55.8. The third kappa shape index (κ3) is 49.0. The predicted octanol–water partition coefficient (Wildman–Crippen LogP) is -1.06. The first-order valence-electron chi connectivity index (χ1n) is 42.1. The van der Waals surface area contributed by atoms with Crippen molar-refractivity contribution < 1.29 is 186 Å². The van der Waals surface area contributed by atoms with E-state index in [0.717, 1.165) is 107 Å². The molecule has 15 atom stereocenters. The summed E-state index contributed by atoms with van der Waals surface area (Å²) in [5, 5.41) is 19.0. The monoisotopic (exact) mass is 1830 g/mol. The maximum Gasteiger partial charge on any atom is 0.305 e. The maximum atomic E-state index is 14.1. The van der Waals surface area contributed by atoms with Gasteiger partial charge in [-0.1, -0.05) is 44.9 Å². The molecule has 0 aromatic carbocycles. The van der Waals surface area contributed by atoms with E-state index in [1.54, 1.807) is 0 Å². The van der Waals surface area contributed by atoms with Gasteiger partial charge in [0.1, 0.15) is 61.8 Å². The zero-order valence-electron chi connectivity index (χ0n) is 74.8. The highest BCUT2D eigenvalue weighted by Gasteiger charge is 2.55. The van der Waals surface area contributed by atoms with Crippen LogP contribution in [0.2, 0.25) is 0 Å². The van der Waals surface area contributed by atoms with Crippen LogP contribution in [0.1, 0.15) is 173 Å². The van der Waals surface area contributed by atoms with Gasteiger partial charge in [0.2, 0.25) is 41.4 Å². The molecule has 6 unspecified atom stereocenters. The Bertz CT molecular complexity index is 3140. The Morgan fingerprint density at radius 1 is 0.283 bits per heavy atom. The summed E-state index contributed by atoms with van der Waals surface area (Å²) in [6.45, 7) is 9.70. The molecule has 3 rings (SSSR count). The zero-order valence-corrected chi connectivity index (χ0v) is 74.8. The van der Waals surface area contributed by atoms with Crippen molar-refractivity contribution in [2.45, 2.75) is 270 Å². The van der Waals surface area contributed by atoms with E-state index < -0.39 is 212 Å². The molecule has 0 spiro atoms. The van der Waals surface area contributed by atoms with E-state index in [1.807, 2.05) is 0 Å². The number of hydrogen-bond acceptors (Lipinski definition) is 39. The molecule has 3 fully saturated rings. The molecular weight excluding hydrogens is 1690 g/mol. The normalized spacial score (nSPS) is 22.3. The number of nitrogens with one attached hydrogen (secondary N) is 7. The van der Waals surface area contributed by atoms with E-state index in [1.165, 1.54) is 27.9 Å². The van der Waals surface area contributed by atoms with E-state index in [0.29, 0.717) is 19.3 Å². The van der Waals surface area contributed by atoms with E-state index in [4.69, 9.17) is 104 Å². The average Bonchev–Trinajstić information content (AvgIpc) is 0.796. The van der Waals surface area contributed by atoms with Crippen molar-refractivity contribution in [1.29, 1.82) is 0 Å². The average molecular weight is 1830 g/mol. The highest BCUT2D eigenvalue weighted by atomic mass is 16.7. The summed E-state index contributed by atoms with van der Waals surface area (Å²) in [4.78, 5) is 212. The van der Waals surface area contributed by atoms with Crippen LogP contribution in [0.3, 0.4) is 0 Å². The van der Waals surface area contributed by atoms with Crippen molar-refractivity contribution in [2.75, 3.05) is 146 Å². The van der Waals surface area contributed by atoms with Gasteiger partial charge < -0.3 is 141 Å². The highest BCUT2D eigenvalue weighted by Crippen LogP contribution is 2.32. The standard InChI is InChI=1S/C81H131N7O39/c1-49(89)85-69-75(122-58(10)98)72(119-55(7)95)61(43-116-52(4)92)125-78(69)113-40-37-107-34-28-82-64(101)25-31-110-46-81(88-67(104)23-21-19-17-15-14-16-18-20-22-24-68(105)106-13,47-111-32-26-65(102)83-29-35-108-38-41-114-79-70(86-50(2)90)76(123-59(11)99)73(120-56(8)96)62(126-79)44-117-53(5)93)48-112-33-27-66(103)84-30-36-109-39-42-115-80-71(87-51(3)91)77(124-60(12)100)74(121-57(9)97)63(127-80)45-118-54(6)94/h61-63,69-80H,14-48H2,1-13H3,(H,82,101)(H,83,102)(H,84,103)(H,85,89)(H,86,90)(H,87,91)(H,88,104)/t61?,62?,63?,69?,70?,71?,72-,73-,74-,75+,76+,77+,78+,79+,80+,81?/m0/s1. The highest BCUT2D eigenvalue weighted by molar-refractivity contribution is 5.79. The first-order chi connectivity index (χ1) is 60.4. The van der Waals surface area contributed by atoms with Crippen LogP contribution in [0.25, 0.3) is 0 Å². The molecule has 7 N–H and O–H groups in total. The molecule has 0 aromatic heterocycles. The van der Waals surface area contributed by atoms with Gasteiger partial charge in [-0.15, -0.1) is 0 Å². The fraction of sp³-hybridized carbons (Fsp3) is 0.790. The molecule has 7 amide bonds. The number of ether oxygens (including phenoxy) is 22. The lowest BCUT2D eigenvalue weighted by Crippen LogP contribution is -2.66. The lowest BCUT2D eigenvalue weighted by Gasteiger charge is -2.44. The first kappa shape index (κ1) is 112. The summed E-state index contributed by atoms with van der Waals surface area (Å²) in [7, 11) is 1.36. The fourth-order valence-corrected chi connectivity index (χ4v) is 13.1. The Balaban J connectivity index is 1.77. The van der Waals surface area contributed by atoms with Gasteiger partial charge in [0, 0.05) is 135 Å². The molecule has 0 saturated carbocycles. The number of carbonyl (C=O) groups is 17. The molecule has 3 aliphatic heterocycles. The van der Waals surface area contributed by atoms with Crippen LogP contribution in [0, 0.1) is 0 Å². The van der Waals surface area contributed by atoms with Crippen LogP contribution in [-0.2, 0) is 186 Å². The Labute approximate surface area is 737 Å². The smallest absolute Gasteiger partial charge is 0.305 e. The van der Waals surface area contributed by atoms with Gasteiger partial charge in [-0.05, 0) is 12.8 Å². The van der Waals surface area contributed by atoms with E-state index in [9.17, 15) is 81.5 Å². The van der Waals surface area contributed by atoms with Gasteiger partial charge in [-0.25, -0.2) is 0 Å². The summed E-state index contributed by atoms with van der Waals surface area (Å²) in [6, 6.07) is -3.66. The Hall–Kier alpha value is -9.49. The van der Waals surface area contributed by atoms with Crippen LogP contribution in [-0.4, -0.2) is 344 Å². The van der Waals surface area contributed by atoms with Crippen LogP contribution >= 0.6 is 0 Å². The third-order valence-corrected chi connectivity index (χ3v) is 18.4. The maximum absolute atomic E-state index is 14.1. The summed E-state index contributed by atoms with van der Waals surface area (Å²) >= 11 is 0. The number of unbranched alkanes of at least 4 members (excludes halogenated alkanes) is 8. The van der Waals surface area contributed by atoms with Crippen molar-refractivity contribution in [3.05, 3.63) is 0 Å². The second kappa shape index (κ2) is 63.5. The first-order valence-corrected chi connectivity index (χ1v) is 42.1. The number of amides is 7. The second-order valence-electron chi connectivity index (χ2n) is 29.7. The molecule has 0 radical (unpaired) electrons. The van der Waals surface area contributed by atoms with E-state index >= 15 is 0 Å². The molecule has 0 aromatic rings. The molecule has 127 heavy (non-hydrogen) atoms. The summed E-state index contributed by atoms with van der Waals surface area (Å²) in [5.74, 6) is -10.7. The van der Waals surface area contributed by atoms with Gasteiger partial charge >= 0.3 is 59.7 Å². The largest absolute Gasteiger partial charge is 0.469 e. The van der Waals surface area contributed by atoms with Crippen LogP contribution < -0.4 is 37.2 Å². The third-order valence-electron chi connectivity index (χ3n) is 18.4. The van der Waals surface area contributed by atoms with E-state index in [-0.39, 0.29) is 150 Å². The molecule has 0 aliphatic carbocycles. The number of methoxy groups -OCH3 is 1. The van der Waals surface area contributed by atoms with Crippen LogP contribution in [0.4, 0.5) is 0 Å². The second-order valence-corrected chi connectivity index (χ2v) is 29.7. The summed E-state index contributed by atoms with van der Waals surface area (Å²) < 4.78 is 124. The Morgan fingerprint density at radius 3 is 0.811 bits per heavy atom. The van der Waals surface area contributed by atoms with Gasteiger partial charge in [0.15, 0.2) is 55.5 Å². The van der Waals surface area contributed by atoms with Gasteiger partial charge in [-0.3, -0.25) is 81.5 Å². The minimum absolute atomic E-state index is 0.00165. The topological polar surface area (TPSA) is 577 Å². The fourth-order valence-electron chi connectivity index (χ4n) is 13.1. The van der Waals surface area contributed by atoms with Crippen molar-refractivity contribution in [3.63, 3.8) is 0 Å². The zero-order chi connectivity index (χ0) is 94.2. The number of carbonyl (C=O) groups excluding carboxylic acids is 17. The number of rotatable bonds is 64. The summed E-state index contributed by atoms with van der Waals surface area (Å²) in [5.41, 5.74) is -1.52.